The van der Waals surface area contributed by atoms with Gasteiger partial charge in [0.15, 0.2) is 0 Å². The van der Waals surface area contributed by atoms with Crippen molar-refractivity contribution in [1.82, 2.24) is 0 Å². The van der Waals surface area contributed by atoms with Crippen molar-refractivity contribution in [1.29, 1.82) is 0 Å². The molecule has 4 nitrogen and oxygen atoms in total. The van der Waals surface area contributed by atoms with Crippen LogP contribution in [0.2, 0.25) is 0 Å². The zero-order valence-electron chi connectivity index (χ0n) is 9.80. The van der Waals surface area contributed by atoms with Crippen LogP contribution in [0.15, 0.2) is 34.3 Å². The maximum absolute atomic E-state index is 12.6. The second kappa shape index (κ2) is 8.63. The van der Waals surface area contributed by atoms with Crippen LogP contribution in [0.25, 0.3) is 0 Å². The molecule has 0 aromatic heterocycles. The third-order valence-corrected chi connectivity index (χ3v) is 2.91. The number of rotatable bonds is 8. The second-order valence-electron chi connectivity index (χ2n) is 3.66. The summed E-state index contributed by atoms with van der Waals surface area (Å²) in [7, 11) is 0. The van der Waals surface area contributed by atoms with Crippen molar-refractivity contribution >= 4 is 18.0 Å². The predicted molar refractivity (Wildman–Crippen MR) is 67.5 cm³/mol. The molecule has 18 heavy (non-hydrogen) atoms. The lowest BCUT2D eigenvalue weighted by Crippen LogP contribution is -1.98. The highest BCUT2D eigenvalue weighted by atomic mass is 32.2. The maximum Gasteiger partial charge on any atom is 0.318 e. The summed E-state index contributed by atoms with van der Waals surface area (Å²) >= 11 is 0.921. The van der Waals surface area contributed by atoms with E-state index >= 15 is 0 Å². The fourth-order valence-corrected chi connectivity index (χ4v) is 1.77. The fourth-order valence-electron chi connectivity index (χ4n) is 1.25. The van der Waals surface area contributed by atoms with Gasteiger partial charge < -0.3 is 4.18 Å². The number of unbranched alkanes of at least 4 members (excludes halogenated alkanes) is 2. The van der Waals surface area contributed by atoms with E-state index < -0.39 is 0 Å². The van der Waals surface area contributed by atoms with E-state index in [0.717, 1.165) is 18.5 Å². The summed E-state index contributed by atoms with van der Waals surface area (Å²) in [4.78, 5) is 21.8. The summed E-state index contributed by atoms with van der Waals surface area (Å²) < 4.78 is 17.6. The molecule has 0 N–H and O–H groups in total. The first kappa shape index (κ1) is 14.6. The van der Waals surface area contributed by atoms with Crippen LogP contribution < -0.4 is 0 Å². The van der Waals surface area contributed by atoms with Gasteiger partial charge in [-0.2, -0.15) is 4.91 Å². The lowest BCUT2D eigenvalue weighted by atomic mass is 10.2. The highest BCUT2D eigenvalue weighted by Gasteiger charge is 2.04. The summed E-state index contributed by atoms with van der Waals surface area (Å²) in [5, 5.41) is 2.73. The van der Waals surface area contributed by atoms with Crippen LogP contribution >= 0.6 is 12.0 Å². The van der Waals surface area contributed by atoms with Crippen molar-refractivity contribution in [2.24, 2.45) is 5.18 Å². The van der Waals surface area contributed by atoms with Gasteiger partial charge in [0.05, 0.1) is 18.6 Å². The van der Waals surface area contributed by atoms with Gasteiger partial charge in [0.25, 0.3) is 0 Å². The van der Waals surface area contributed by atoms with Gasteiger partial charge in [0.1, 0.15) is 5.82 Å². The van der Waals surface area contributed by atoms with Gasteiger partial charge in [-0.05, 0) is 37.1 Å². The molecule has 1 aromatic carbocycles. The lowest BCUT2D eigenvalue weighted by molar-refractivity contribution is -0.133. The van der Waals surface area contributed by atoms with Crippen molar-refractivity contribution < 1.29 is 13.4 Å². The zero-order chi connectivity index (χ0) is 13.2. The number of benzene rings is 1. The van der Waals surface area contributed by atoms with E-state index in [2.05, 4.69) is 5.18 Å². The smallest absolute Gasteiger partial charge is 0.318 e. The van der Waals surface area contributed by atoms with Gasteiger partial charge in [0, 0.05) is 11.3 Å². The number of halogens is 1. The molecule has 0 spiro atoms. The van der Waals surface area contributed by atoms with E-state index in [4.69, 9.17) is 4.18 Å². The quantitative estimate of drug-likeness (QED) is 0.411. The molecule has 0 aliphatic rings. The molecular formula is C12H14FNO3S. The van der Waals surface area contributed by atoms with E-state index in [1.807, 2.05) is 0 Å². The van der Waals surface area contributed by atoms with Gasteiger partial charge >= 0.3 is 5.97 Å². The molecule has 0 amide bonds. The third kappa shape index (κ3) is 6.34. The van der Waals surface area contributed by atoms with Crippen LogP contribution in [0.4, 0.5) is 4.39 Å². The van der Waals surface area contributed by atoms with Crippen LogP contribution in [0.5, 0.6) is 0 Å². The number of hydrogen-bond acceptors (Lipinski definition) is 5. The molecule has 0 saturated heterocycles. The molecule has 0 unspecified atom stereocenters. The molecule has 1 rings (SSSR count). The van der Waals surface area contributed by atoms with Gasteiger partial charge in [-0.3, -0.25) is 4.79 Å². The maximum atomic E-state index is 12.6. The van der Waals surface area contributed by atoms with Crippen LogP contribution in [0.3, 0.4) is 0 Å². The zero-order valence-corrected chi connectivity index (χ0v) is 10.6. The standard InChI is InChI=1S/C12H14FNO3S/c13-10-5-7-11(8-6-10)18-17-12(15)4-2-1-3-9-14-16/h5-8H,1-4,9H2. The number of carbonyl (C=O) groups excluding carboxylic acids is 1. The minimum absolute atomic E-state index is 0.291. The van der Waals surface area contributed by atoms with Crippen molar-refractivity contribution in [2.75, 3.05) is 6.54 Å². The molecule has 0 radical (unpaired) electrons. The number of hydrogen-bond donors (Lipinski definition) is 0. The van der Waals surface area contributed by atoms with Crippen molar-refractivity contribution in [3.05, 3.63) is 35.0 Å². The van der Waals surface area contributed by atoms with Crippen molar-refractivity contribution in [3.8, 4) is 0 Å². The van der Waals surface area contributed by atoms with E-state index in [1.165, 1.54) is 12.1 Å². The molecular weight excluding hydrogens is 257 g/mol. The summed E-state index contributed by atoms with van der Waals surface area (Å²) in [5.74, 6) is -0.641. The first-order valence-electron chi connectivity index (χ1n) is 5.64. The molecule has 98 valence electrons. The van der Waals surface area contributed by atoms with Crippen LogP contribution in [-0.4, -0.2) is 12.5 Å². The molecule has 0 fully saturated rings. The van der Waals surface area contributed by atoms with Crippen LogP contribution in [-0.2, 0) is 8.98 Å². The van der Waals surface area contributed by atoms with Crippen molar-refractivity contribution in [2.45, 2.75) is 30.6 Å². The molecule has 0 aliphatic carbocycles. The first-order valence-corrected chi connectivity index (χ1v) is 6.38. The second-order valence-corrected chi connectivity index (χ2v) is 4.46. The molecule has 0 bridgehead atoms. The average molecular weight is 271 g/mol. The summed E-state index contributed by atoms with van der Waals surface area (Å²) in [6.45, 7) is 0.291. The molecule has 0 saturated carbocycles. The third-order valence-electron chi connectivity index (χ3n) is 2.17. The van der Waals surface area contributed by atoms with Gasteiger partial charge in [-0.25, -0.2) is 4.39 Å². The molecule has 0 aliphatic heterocycles. The Bertz CT molecular complexity index is 383. The SMILES string of the molecule is O=NCCCCCC(=O)OSc1ccc(F)cc1. The molecule has 6 heteroatoms. The van der Waals surface area contributed by atoms with Crippen LogP contribution in [0, 0.1) is 10.7 Å². The van der Waals surface area contributed by atoms with Gasteiger partial charge in [0.2, 0.25) is 0 Å². The number of nitrogens with zero attached hydrogens (tertiary/aromatic N) is 1. The highest BCUT2D eigenvalue weighted by molar-refractivity contribution is 7.95. The predicted octanol–water partition coefficient (Wildman–Crippen LogP) is 3.70. The first-order chi connectivity index (χ1) is 8.72. The Morgan fingerprint density at radius 3 is 2.61 bits per heavy atom. The lowest BCUT2D eigenvalue weighted by Gasteiger charge is -2.02. The normalized spacial score (nSPS) is 10.1. The van der Waals surface area contributed by atoms with Crippen molar-refractivity contribution in [3.63, 3.8) is 0 Å². The highest BCUT2D eigenvalue weighted by Crippen LogP contribution is 2.20. The topological polar surface area (TPSA) is 55.7 Å². The van der Waals surface area contributed by atoms with Crippen LogP contribution in [0.1, 0.15) is 25.7 Å². The minimum Gasteiger partial charge on any atom is -0.386 e. The largest absolute Gasteiger partial charge is 0.386 e. The Kier molecular flexibility index (Phi) is 7.01. The Hall–Kier alpha value is -1.43. The van der Waals surface area contributed by atoms with Gasteiger partial charge in [-0.15, -0.1) is 0 Å². The Labute approximate surface area is 109 Å². The Morgan fingerprint density at radius 2 is 1.94 bits per heavy atom. The molecule has 0 heterocycles. The summed E-state index contributed by atoms with van der Waals surface area (Å²) in [6, 6.07) is 5.71. The average Bonchev–Trinajstić information content (AvgIpc) is 2.38. The van der Waals surface area contributed by atoms with Gasteiger partial charge in [-0.1, -0.05) is 11.6 Å². The fraction of sp³-hybridized carbons (Fsp3) is 0.417. The molecule has 0 atom stereocenters. The number of carbonyl (C=O) groups is 1. The summed E-state index contributed by atoms with van der Waals surface area (Å²) in [6.07, 6.45) is 2.47. The van der Waals surface area contributed by atoms with E-state index in [-0.39, 0.29) is 11.8 Å². The minimum atomic E-state index is -0.325. The Morgan fingerprint density at radius 1 is 1.22 bits per heavy atom. The van der Waals surface area contributed by atoms with E-state index in [0.29, 0.717) is 30.7 Å². The number of nitroso groups, excluding NO2 is 1. The molecule has 1 aromatic rings. The monoisotopic (exact) mass is 271 g/mol. The van der Waals surface area contributed by atoms with E-state index in [9.17, 15) is 14.1 Å². The van der Waals surface area contributed by atoms with E-state index in [1.54, 1.807) is 12.1 Å². The summed E-state index contributed by atoms with van der Waals surface area (Å²) in [5.41, 5.74) is 0. The Balaban J connectivity index is 2.13.